The summed E-state index contributed by atoms with van der Waals surface area (Å²) in [6, 6.07) is 2.62. The Kier molecular flexibility index (Phi) is 7.46. The van der Waals surface area contributed by atoms with Gasteiger partial charge in [-0.3, -0.25) is 9.69 Å². The second-order valence-corrected chi connectivity index (χ2v) is 5.20. The lowest BCUT2D eigenvalue weighted by molar-refractivity contribution is -0.122. The van der Waals surface area contributed by atoms with Crippen LogP contribution in [-0.2, 0) is 9.53 Å². The van der Waals surface area contributed by atoms with E-state index in [0.29, 0.717) is 19.7 Å². The summed E-state index contributed by atoms with van der Waals surface area (Å²) in [4.78, 5) is 13.8. The lowest BCUT2D eigenvalue weighted by Gasteiger charge is -2.29. The molecule has 1 saturated carbocycles. The SMILES string of the molecule is COCCNC(=O)CN(C)C1CCCCCC1C#N. The third-order valence-electron chi connectivity index (χ3n) is 3.73. The Hall–Kier alpha value is -1.12. The van der Waals surface area contributed by atoms with Crippen molar-refractivity contribution in [3.05, 3.63) is 0 Å². The number of nitriles is 1. The van der Waals surface area contributed by atoms with Gasteiger partial charge < -0.3 is 10.1 Å². The van der Waals surface area contributed by atoms with Gasteiger partial charge in [-0.15, -0.1) is 0 Å². The fraction of sp³-hybridized carbons (Fsp3) is 0.857. The number of likely N-dealkylation sites (N-methyl/N-ethyl adjacent to an activating group) is 1. The number of hydrogen-bond acceptors (Lipinski definition) is 4. The van der Waals surface area contributed by atoms with Gasteiger partial charge in [0.05, 0.1) is 25.1 Å². The smallest absolute Gasteiger partial charge is 0.234 e. The molecule has 2 atom stereocenters. The first kappa shape index (κ1) is 15.9. The maximum Gasteiger partial charge on any atom is 0.234 e. The topological polar surface area (TPSA) is 65.4 Å². The van der Waals surface area contributed by atoms with Crippen LogP contribution in [0.1, 0.15) is 32.1 Å². The van der Waals surface area contributed by atoms with Crippen molar-refractivity contribution in [1.82, 2.24) is 10.2 Å². The third-order valence-corrected chi connectivity index (χ3v) is 3.73. The highest BCUT2D eigenvalue weighted by Crippen LogP contribution is 2.26. The number of nitrogens with zero attached hydrogens (tertiary/aromatic N) is 2. The summed E-state index contributed by atoms with van der Waals surface area (Å²) in [6.45, 7) is 1.42. The van der Waals surface area contributed by atoms with Gasteiger partial charge in [-0.25, -0.2) is 0 Å². The average molecular weight is 267 g/mol. The summed E-state index contributed by atoms with van der Waals surface area (Å²) in [5, 5.41) is 12.1. The Bertz CT molecular complexity index is 314. The van der Waals surface area contributed by atoms with E-state index in [9.17, 15) is 10.1 Å². The quantitative estimate of drug-likeness (QED) is 0.579. The molecule has 0 aromatic carbocycles. The maximum atomic E-state index is 11.8. The number of rotatable bonds is 6. The van der Waals surface area contributed by atoms with Gasteiger partial charge in [-0.2, -0.15) is 5.26 Å². The summed E-state index contributed by atoms with van der Waals surface area (Å²) < 4.78 is 4.89. The molecule has 1 N–H and O–H groups in total. The van der Waals surface area contributed by atoms with Crippen molar-refractivity contribution < 1.29 is 9.53 Å². The molecule has 0 bridgehead atoms. The fourth-order valence-corrected chi connectivity index (χ4v) is 2.66. The van der Waals surface area contributed by atoms with Gasteiger partial charge in [-0.1, -0.05) is 19.3 Å². The van der Waals surface area contributed by atoms with E-state index in [-0.39, 0.29) is 17.9 Å². The molecule has 1 fully saturated rings. The summed E-state index contributed by atoms with van der Waals surface area (Å²) in [7, 11) is 3.55. The van der Waals surface area contributed by atoms with Crippen molar-refractivity contribution in [3.63, 3.8) is 0 Å². The summed E-state index contributed by atoms with van der Waals surface area (Å²) >= 11 is 0. The molecule has 0 aromatic heterocycles. The Balaban J connectivity index is 2.43. The van der Waals surface area contributed by atoms with E-state index in [4.69, 9.17) is 4.74 Å². The molecule has 0 aliphatic heterocycles. The molecule has 0 spiro atoms. The number of nitrogens with one attached hydrogen (secondary N) is 1. The number of amides is 1. The van der Waals surface area contributed by atoms with Crippen molar-refractivity contribution in [2.45, 2.75) is 38.1 Å². The van der Waals surface area contributed by atoms with Crippen molar-refractivity contribution >= 4 is 5.91 Å². The predicted octanol–water partition coefficient (Wildman–Crippen LogP) is 1.15. The standard InChI is InChI=1S/C14H25N3O2/c1-17(11-14(18)16-8-9-19-2)13-7-5-3-4-6-12(13)10-15/h12-13H,3-9,11H2,1-2H3,(H,16,18). The van der Waals surface area contributed by atoms with Gasteiger partial charge in [0.25, 0.3) is 0 Å². The van der Waals surface area contributed by atoms with E-state index in [1.54, 1.807) is 7.11 Å². The third kappa shape index (κ3) is 5.58. The van der Waals surface area contributed by atoms with Crippen molar-refractivity contribution in [2.24, 2.45) is 5.92 Å². The van der Waals surface area contributed by atoms with Crippen LogP contribution in [0.25, 0.3) is 0 Å². The van der Waals surface area contributed by atoms with Crippen LogP contribution >= 0.6 is 0 Å². The van der Waals surface area contributed by atoms with Gasteiger partial charge >= 0.3 is 0 Å². The highest BCUT2D eigenvalue weighted by atomic mass is 16.5. The van der Waals surface area contributed by atoms with Crippen LogP contribution in [0.15, 0.2) is 0 Å². The molecule has 1 rings (SSSR count). The molecule has 1 aliphatic carbocycles. The number of methoxy groups -OCH3 is 1. The van der Waals surface area contributed by atoms with E-state index in [1.165, 1.54) is 6.42 Å². The number of ether oxygens (including phenoxy) is 1. The van der Waals surface area contributed by atoms with Crippen LogP contribution < -0.4 is 5.32 Å². The van der Waals surface area contributed by atoms with Crippen LogP contribution in [-0.4, -0.2) is 50.7 Å². The maximum absolute atomic E-state index is 11.8. The van der Waals surface area contributed by atoms with Crippen molar-refractivity contribution in [1.29, 1.82) is 5.26 Å². The fourth-order valence-electron chi connectivity index (χ4n) is 2.66. The molecule has 19 heavy (non-hydrogen) atoms. The Morgan fingerprint density at radius 1 is 1.42 bits per heavy atom. The van der Waals surface area contributed by atoms with E-state index < -0.39 is 0 Å². The van der Waals surface area contributed by atoms with Crippen molar-refractivity contribution in [2.75, 3.05) is 33.9 Å². The minimum atomic E-state index is 0.000451. The Morgan fingerprint density at radius 3 is 2.84 bits per heavy atom. The Morgan fingerprint density at radius 2 is 2.16 bits per heavy atom. The van der Waals surface area contributed by atoms with Crippen LogP contribution in [0, 0.1) is 17.2 Å². The molecule has 0 heterocycles. The highest BCUT2D eigenvalue weighted by Gasteiger charge is 2.27. The van der Waals surface area contributed by atoms with E-state index >= 15 is 0 Å². The van der Waals surface area contributed by atoms with E-state index in [1.807, 2.05) is 11.9 Å². The zero-order valence-corrected chi connectivity index (χ0v) is 12.0. The van der Waals surface area contributed by atoms with E-state index in [0.717, 1.165) is 25.7 Å². The van der Waals surface area contributed by atoms with Crippen LogP contribution in [0.4, 0.5) is 0 Å². The van der Waals surface area contributed by atoms with Gasteiger partial charge in [0.2, 0.25) is 5.91 Å². The van der Waals surface area contributed by atoms with E-state index in [2.05, 4.69) is 11.4 Å². The van der Waals surface area contributed by atoms with Crippen LogP contribution in [0.2, 0.25) is 0 Å². The van der Waals surface area contributed by atoms with Crippen molar-refractivity contribution in [3.8, 4) is 6.07 Å². The Labute approximate surface area is 115 Å². The van der Waals surface area contributed by atoms with Gasteiger partial charge in [0.15, 0.2) is 0 Å². The number of carbonyl (C=O) groups is 1. The average Bonchev–Trinajstić information content (AvgIpc) is 2.63. The lowest BCUT2D eigenvalue weighted by Crippen LogP contribution is -2.44. The zero-order valence-electron chi connectivity index (χ0n) is 12.0. The highest BCUT2D eigenvalue weighted by molar-refractivity contribution is 5.78. The number of carbonyl (C=O) groups excluding carboxylic acids is 1. The summed E-state index contributed by atoms with van der Waals surface area (Å²) in [6.07, 6.45) is 5.44. The summed E-state index contributed by atoms with van der Waals surface area (Å²) in [5.41, 5.74) is 0. The first-order valence-corrected chi connectivity index (χ1v) is 7.04. The minimum absolute atomic E-state index is 0.000451. The molecule has 1 aliphatic rings. The molecule has 0 radical (unpaired) electrons. The normalized spacial score (nSPS) is 23.7. The molecule has 0 aromatic rings. The molecule has 108 valence electrons. The second kappa shape index (κ2) is 8.89. The van der Waals surface area contributed by atoms with Crippen LogP contribution in [0.3, 0.4) is 0 Å². The van der Waals surface area contributed by atoms with Gasteiger partial charge in [-0.05, 0) is 19.9 Å². The monoisotopic (exact) mass is 267 g/mol. The molecular weight excluding hydrogens is 242 g/mol. The molecule has 1 amide bonds. The zero-order chi connectivity index (χ0) is 14.1. The molecule has 5 nitrogen and oxygen atoms in total. The first-order valence-electron chi connectivity index (χ1n) is 7.04. The molecule has 2 unspecified atom stereocenters. The molecule has 0 saturated heterocycles. The molecular formula is C14H25N3O2. The minimum Gasteiger partial charge on any atom is -0.383 e. The predicted molar refractivity (Wildman–Crippen MR) is 73.5 cm³/mol. The van der Waals surface area contributed by atoms with Gasteiger partial charge in [0, 0.05) is 19.7 Å². The van der Waals surface area contributed by atoms with Gasteiger partial charge in [0.1, 0.15) is 0 Å². The summed E-state index contributed by atoms with van der Waals surface area (Å²) in [5.74, 6) is 0.0553. The van der Waals surface area contributed by atoms with Crippen LogP contribution in [0.5, 0.6) is 0 Å². The second-order valence-electron chi connectivity index (χ2n) is 5.20. The largest absolute Gasteiger partial charge is 0.383 e. The lowest BCUT2D eigenvalue weighted by atomic mass is 9.95. The first-order chi connectivity index (χ1) is 9.19. The number of hydrogen-bond donors (Lipinski definition) is 1. The molecule has 5 heteroatoms.